The van der Waals surface area contributed by atoms with E-state index in [0.717, 1.165) is 44.6 Å². The van der Waals surface area contributed by atoms with Gasteiger partial charge in [-0.1, -0.05) is 182 Å². The van der Waals surface area contributed by atoms with Crippen LogP contribution in [0.25, 0.3) is 115 Å². The van der Waals surface area contributed by atoms with Crippen LogP contribution in [0.4, 0.5) is 0 Å². The van der Waals surface area contributed by atoms with Gasteiger partial charge in [-0.2, -0.15) is 0 Å². The van der Waals surface area contributed by atoms with Gasteiger partial charge in [0.1, 0.15) is 0 Å². The number of para-hydroxylation sites is 2. The largest absolute Gasteiger partial charge is 0.309 e. The van der Waals surface area contributed by atoms with Gasteiger partial charge in [0.15, 0.2) is 17.5 Å². The highest BCUT2D eigenvalue weighted by atomic mass is 32.1. The molecule has 0 atom stereocenters. The minimum absolute atomic E-state index is 0.624. The summed E-state index contributed by atoms with van der Waals surface area (Å²) in [6.45, 7) is 0. The van der Waals surface area contributed by atoms with Crippen LogP contribution in [0.15, 0.2) is 218 Å². The summed E-state index contributed by atoms with van der Waals surface area (Å²) in [5, 5.41) is 4.97. The molecular weight excluding hydrogens is 773 g/mol. The summed E-state index contributed by atoms with van der Waals surface area (Å²) in [5.74, 6) is 1.89. The Morgan fingerprint density at radius 3 is 1.55 bits per heavy atom. The summed E-state index contributed by atoms with van der Waals surface area (Å²) >= 11 is 1.85. The average Bonchev–Trinajstić information content (AvgIpc) is 3.89. The molecule has 0 unspecified atom stereocenters. The second-order valence-electron chi connectivity index (χ2n) is 15.5. The zero-order chi connectivity index (χ0) is 41.0. The molecule has 9 aromatic carbocycles. The van der Waals surface area contributed by atoms with E-state index in [0.29, 0.717) is 17.5 Å². The van der Waals surface area contributed by atoms with Gasteiger partial charge in [0, 0.05) is 58.9 Å². The summed E-state index contributed by atoms with van der Waals surface area (Å²) < 4.78 is 4.88. The molecule has 0 radical (unpaired) electrons. The lowest BCUT2D eigenvalue weighted by Crippen LogP contribution is -2.01. The van der Waals surface area contributed by atoms with Crippen molar-refractivity contribution in [2.75, 3.05) is 0 Å². The third kappa shape index (κ3) is 6.09. The van der Waals surface area contributed by atoms with E-state index < -0.39 is 0 Å². The maximum absolute atomic E-state index is 5.30. The number of fused-ring (bicyclic) bond motifs is 6. The van der Waals surface area contributed by atoms with Crippen molar-refractivity contribution >= 4 is 53.3 Å². The Morgan fingerprint density at radius 2 is 0.855 bits per heavy atom. The molecule has 62 heavy (non-hydrogen) atoms. The average molecular weight is 809 g/mol. The molecule has 0 aliphatic heterocycles. The summed E-state index contributed by atoms with van der Waals surface area (Å²) in [7, 11) is 0. The molecule has 0 bridgehead atoms. The normalized spacial score (nSPS) is 11.5. The molecule has 0 amide bonds. The van der Waals surface area contributed by atoms with Crippen molar-refractivity contribution in [1.29, 1.82) is 0 Å². The number of nitrogens with zero attached hydrogens (tertiary/aromatic N) is 4. The van der Waals surface area contributed by atoms with Crippen molar-refractivity contribution < 1.29 is 0 Å². The van der Waals surface area contributed by atoms with Crippen LogP contribution < -0.4 is 0 Å². The van der Waals surface area contributed by atoms with Crippen LogP contribution in [0, 0.1) is 0 Å². The first-order valence-corrected chi connectivity index (χ1v) is 21.7. The fourth-order valence-electron chi connectivity index (χ4n) is 8.99. The zero-order valence-corrected chi connectivity index (χ0v) is 34.3. The molecule has 3 heterocycles. The Labute approximate surface area is 362 Å². The van der Waals surface area contributed by atoms with Crippen LogP contribution in [-0.4, -0.2) is 19.5 Å². The summed E-state index contributed by atoms with van der Waals surface area (Å²) in [5.41, 5.74) is 13.2. The van der Waals surface area contributed by atoms with Crippen LogP contribution in [0.1, 0.15) is 0 Å². The molecule has 290 valence electrons. The highest BCUT2D eigenvalue weighted by Gasteiger charge is 2.22. The lowest BCUT2D eigenvalue weighted by atomic mass is 9.90. The van der Waals surface area contributed by atoms with Gasteiger partial charge in [-0.15, -0.1) is 11.3 Å². The third-order valence-electron chi connectivity index (χ3n) is 11.9. The van der Waals surface area contributed by atoms with E-state index in [4.69, 9.17) is 15.0 Å². The van der Waals surface area contributed by atoms with Crippen molar-refractivity contribution in [3.63, 3.8) is 0 Å². The molecule has 0 spiro atoms. The van der Waals surface area contributed by atoms with Gasteiger partial charge in [-0.3, -0.25) is 0 Å². The Balaban J connectivity index is 1.12. The predicted octanol–water partition coefficient (Wildman–Crippen LogP) is 15.3. The highest BCUT2D eigenvalue weighted by Crippen LogP contribution is 2.46. The van der Waals surface area contributed by atoms with E-state index in [1.165, 1.54) is 53.1 Å². The van der Waals surface area contributed by atoms with Crippen LogP contribution in [0.2, 0.25) is 0 Å². The molecule has 0 N–H and O–H groups in total. The Hall–Kier alpha value is -7.99. The molecular formula is C57H36N4S. The minimum atomic E-state index is 0.624. The molecule has 12 rings (SSSR count). The predicted molar refractivity (Wildman–Crippen MR) is 260 cm³/mol. The van der Waals surface area contributed by atoms with Crippen molar-refractivity contribution in [3.8, 4) is 73.2 Å². The fraction of sp³-hybridized carbons (Fsp3) is 0. The monoisotopic (exact) mass is 808 g/mol. The number of rotatable bonds is 7. The second-order valence-corrected chi connectivity index (χ2v) is 16.6. The van der Waals surface area contributed by atoms with Crippen LogP contribution >= 0.6 is 11.3 Å². The van der Waals surface area contributed by atoms with E-state index >= 15 is 0 Å². The van der Waals surface area contributed by atoms with E-state index in [2.05, 4.69) is 187 Å². The van der Waals surface area contributed by atoms with Gasteiger partial charge in [-0.25, -0.2) is 15.0 Å². The lowest BCUT2D eigenvalue weighted by molar-refractivity contribution is 1.07. The first kappa shape index (κ1) is 35.9. The standard InChI is InChI=1S/C57H36N4S/c1-5-18-37(19-6-1)42-26-13-14-27-43(42)40-32-33-44(50(34-40)57-59-55(38-20-7-2-8-21-38)58-56(60-57)39-22-9-3-10-23-39)46-29-17-30-47-49-35-52-48(36-53(49)62-54(46)47)45-28-15-16-31-51(45)61(52)41-24-11-4-12-25-41/h1-36H. The van der Waals surface area contributed by atoms with Gasteiger partial charge in [0.2, 0.25) is 0 Å². The number of benzene rings is 9. The zero-order valence-electron chi connectivity index (χ0n) is 33.5. The van der Waals surface area contributed by atoms with Crippen LogP contribution in [0.3, 0.4) is 0 Å². The van der Waals surface area contributed by atoms with E-state index in [-0.39, 0.29) is 0 Å². The highest BCUT2D eigenvalue weighted by molar-refractivity contribution is 7.26. The molecule has 4 nitrogen and oxygen atoms in total. The van der Waals surface area contributed by atoms with Crippen molar-refractivity contribution in [1.82, 2.24) is 19.5 Å². The number of hydrogen-bond acceptors (Lipinski definition) is 4. The van der Waals surface area contributed by atoms with Crippen molar-refractivity contribution in [3.05, 3.63) is 218 Å². The molecule has 0 aliphatic rings. The summed E-state index contributed by atoms with van der Waals surface area (Å²) in [6, 6.07) is 77.4. The first-order valence-electron chi connectivity index (χ1n) is 20.9. The first-order chi connectivity index (χ1) is 30.7. The molecule has 0 saturated carbocycles. The summed E-state index contributed by atoms with van der Waals surface area (Å²) in [6.07, 6.45) is 0. The fourth-order valence-corrected chi connectivity index (χ4v) is 10.2. The smallest absolute Gasteiger partial charge is 0.164 e. The lowest BCUT2D eigenvalue weighted by Gasteiger charge is -2.16. The summed E-state index contributed by atoms with van der Waals surface area (Å²) in [4.78, 5) is 15.7. The van der Waals surface area contributed by atoms with Crippen molar-refractivity contribution in [2.24, 2.45) is 0 Å². The Kier molecular flexibility index (Phi) is 8.65. The molecule has 5 heteroatoms. The van der Waals surface area contributed by atoms with E-state index in [1.807, 2.05) is 47.7 Å². The maximum Gasteiger partial charge on any atom is 0.164 e. The van der Waals surface area contributed by atoms with Gasteiger partial charge in [0.25, 0.3) is 0 Å². The molecule has 0 fully saturated rings. The number of hydrogen-bond donors (Lipinski definition) is 0. The number of thiophene rings is 1. The Morgan fingerprint density at radius 1 is 0.306 bits per heavy atom. The van der Waals surface area contributed by atoms with Gasteiger partial charge in [-0.05, 0) is 64.2 Å². The molecule has 0 aliphatic carbocycles. The molecule has 3 aromatic heterocycles. The quantitative estimate of drug-likeness (QED) is 0.161. The van der Waals surface area contributed by atoms with Crippen LogP contribution in [0.5, 0.6) is 0 Å². The maximum atomic E-state index is 5.30. The van der Waals surface area contributed by atoms with Gasteiger partial charge >= 0.3 is 0 Å². The van der Waals surface area contributed by atoms with E-state index in [1.54, 1.807) is 0 Å². The third-order valence-corrected chi connectivity index (χ3v) is 13.1. The van der Waals surface area contributed by atoms with Gasteiger partial charge < -0.3 is 4.57 Å². The van der Waals surface area contributed by atoms with Crippen molar-refractivity contribution in [2.45, 2.75) is 0 Å². The van der Waals surface area contributed by atoms with Crippen LogP contribution in [-0.2, 0) is 0 Å². The van der Waals surface area contributed by atoms with E-state index in [9.17, 15) is 0 Å². The second kappa shape index (κ2) is 14.9. The topological polar surface area (TPSA) is 43.6 Å². The SMILES string of the molecule is c1ccc(-c2nc(-c3ccccc3)nc(-c3cc(-c4ccccc4-c4ccccc4)ccc3-c3cccc4c3sc3cc5c6ccccc6n(-c6ccccc6)c5cc34)n2)cc1. The minimum Gasteiger partial charge on any atom is -0.309 e. The number of aromatic nitrogens is 4. The Bertz CT molecular complexity index is 3560. The molecule has 12 aromatic rings. The van der Waals surface area contributed by atoms with Gasteiger partial charge in [0.05, 0.1) is 11.0 Å². The molecule has 0 saturated heterocycles.